The minimum absolute atomic E-state index is 0.193. The van der Waals surface area contributed by atoms with Crippen LogP contribution in [0.25, 0.3) is 0 Å². The minimum Gasteiger partial charge on any atom is -0.328 e. The lowest BCUT2D eigenvalue weighted by molar-refractivity contribution is 0.734. The summed E-state index contributed by atoms with van der Waals surface area (Å²) in [7, 11) is 1.98. The zero-order valence-electron chi connectivity index (χ0n) is 11.8. The van der Waals surface area contributed by atoms with Crippen LogP contribution in [0.3, 0.4) is 0 Å². The zero-order valence-corrected chi connectivity index (χ0v) is 12.7. The van der Waals surface area contributed by atoms with Gasteiger partial charge in [-0.2, -0.15) is 0 Å². The van der Waals surface area contributed by atoms with Crippen LogP contribution in [0.15, 0.2) is 28.3 Å². The number of hydrogen-bond acceptors (Lipinski definition) is 4. The summed E-state index contributed by atoms with van der Waals surface area (Å²) in [5, 5.41) is 9.15. The number of rotatable bonds is 4. The predicted octanol–water partition coefficient (Wildman–Crippen LogP) is 2.47. The topological polar surface area (TPSA) is 56.7 Å². The van der Waals surface area contributed by atoms with Gasteiger partial charge < -0.3 is 10.3 Å². The number of aromatic nitrogens is 3. The Hall–Kier alpha value is -1.33. The van der Waals surface area contributed by atoms with Crippen LogP contribution >= 0.6 is 11.8 Å². The molecule has 2 aromatic rings. The van der Waals surface area contributed by atoms with E-state index in [4.69, 9.17) is 5.73 Å². The van der Waals surface area contributed by atoms with Crippen molar-refractivity contribution in [1.29, 1.82) is 0 Å². The SMILES string of the molecule is Cc1cc(Sc2nnc(C)n2C)ccc1CC(C)N. The molecule has 0 aliphatic carbocycles. The van der Waals surface area contributed by atoms with Gasteiger partial charge in [0.25, 0.3) is 0 Å². The number of nitrogens with two attached hydrogens (primary N) is 1. The highest BCUT2D eigenvalue weighted by Crippen LogP contribution is 2.27. The highest BCUT2D eigenvalue weighted by atomic mass is 32.2. The lowest BCUT2D eigenvalue weighted by Gasteiger charge is -2.10. The molecule has 0 saturated carbocycles. The molecular formula is C14H20N4S. The highest BCUT2D eigenvalue weighted by molar-refractivity contribution is 7.99. The second-order valence-electron chi connectivity index (χ2n) is 4.96. The molecule has 0 bridgehead atoms. The third-order valence-corrected chi connectivity index (χ3v) is 4.15. The first-order valence-electron chi connectivity index (χ1n) is 6.36. The van der Waals surface area contributed by atoms with Crippen LogP contribution in [-0.2, 0) is 13.5 Å². The standard InChI is InChI=1S/C14H20N4S/c1-9-7-13(6-5-12(9)8-10(2)15)19-14-17-16-11(3)18(14)4/h5-7,10H,8,15H2,1-4H3. The van der Waals surface area contributed by atoms with Crippen LogP contribution in [0.4, 0.5) is 0 Å². The molecule has 1 atom stereocenters. The van der Waals surface area contributed by atoms with Crippen LogP contribution in [0.5, 0.6) is 0 Å². The van der Waals surface area contributed by atoms with E-state index < -0.39 is 0 Å². The van der Waals surface area contributed by atoms with Crippen molar-refractivity contribution in [3.63, 3.8) is 0 Å². The van der Waals surface area contributed by atoms with Crippen molar-refractivity contribution in [1.82, 2.24) is 14.8 Å². The first-order chi connectivity index (χ1) is 8.97. The van der Waals surface area contributed by atoms with Crippen molar-refractivity contribution >= 4 is 11.8 Å². The van der Waals surface area contributed by atoms with Gasteiger partial charge in [0.2, 0.25) is 0 Å². The van der Waals surface area contributed by atoms with E-state index in [0.717, 1.165) is 17.4 Å². The Labute approximate surface area is 118 Å². The van der Waals surface area contributed by atoms with Crippen LogP contribution in [0, 0.1) is 13.8 Å². The van der Waals surface area contributed by atoms with Gasteiger partial charge in [0.05, 0.1) is 0 Å². The van der Waals surface area contributed by atoms with Gasteiger partial charge >= 0.3 is 0 Å². The summed E-state index contributed by atoms with van der Waals surface area (Å²) >= 11 is 1.63. The Morgan fingerprint density at radius 1 is 1.32 bits per heavy atom. The third-order valence-electron chi connectivity index (χ3n) is 3.12. The summed E-state index contributed by atoms with van der Waals surface area (Å²) in [5.41, 5.74) is 8.44. The summed E-state index contributed by atoms with van der Waals surface area (Å²) in [4.78, 5) is 1.18. The van der Waals surface area contributed by atoms with Crippen LogP contribution in [0.2, 0.25) is 0 Å². The van der Waals surface area contributed by atoms with Gasteiger partial charge in [0.1, 0.15) is 5.82 Å². The average molecular weight is 276 g/mol. The van der Waals surface area contributed by atoms with Crippen LogP contribution in [-0.4, -0.2) is 20.8 Å². The molecule has 5 heteroatoms. The molecule has 1 heterocycles. The number of aryl methyl sites for hydroxylation is 2. The van der Waals surface area contributed by atoms with Gasteiger partial charge in [0, 0.05) is 18.0 Å². The summed E-state index contributed by atoms with van der Waals surface area (Å²) in [6, 6.07) is 6.66. The fourth-order valence-electron chi connectivity index (χ4n) is 1.89. The van der Waals surface area contributed by atoms with Crippen LogP contribution in [0.1, 0.15) is 23.9 Å². The summed E-state index contributed by atoms with van der Waals surface area (Å²) in [5.74, 6) is 0.924. The Bertz CT molecular complexity index is 575. The Morgan fingerprint density at radius 2 is 2.05 bits per heavy atom. The van der Waals surface area contributed by atoms with Gasteiger partial charge in [-0.25, -0.2) is 0 Å². The molecule has 102 valence electrons. The molecular weight excluding hydrogens is 256 g/mol. The van der Waals surface area contributed by atoms with E-state index in [2.05, 4.69) is 35.3 Å². The van der Waals surface area contributed by atoms with Crippen molar-refractivity contribution < 1.29 is 0 Å². The predicted molar refractivity (Wildman–Crippen MR) is 78.4 cm³/mol. The number of benzene rings is 1. The molecule has 19 heavy (non-hydrogen) atoms. The largest absolute Gasteiger partial charge is 0.328 e. The summed E-state index contributed by atoms with van der Waals surface area (Å²) < 4.78 is 2.00. The molecule has 1 aromatic heterocycles. The van der Waals surface area contributed by atoms with Gasteiger partial charge in [-0.1, -0.05) is 6.07 Å². The maximum atomic E-state index is 5.85. The quantitative estimate of drug-likeness (QED) is 0.932. The number of hydrogen-bond donors (Lipinski definition) is 1. The molecule has 0 spiro atoms. The first kappa shape index (κ1) is 14.1. The molecule has 2 rings (SSSR count). The van der Waals surface area contributed by atoms with Crippen molar-refractivity contribution in [2.45, 2.75) is 43.3 Å². The second-order valence-corrected chi connectivity index (χ2v) is 6.00. The zero-order chi connectivity index (χ0) is 14.0. The second kappa shape index (κ2) is 5.75. The van der Waals surface area contributed by atoms with E-state index >= 15 is 0 Å². The smallest absolute Gasteiger partial charge is 0.195 e. The molecule has 1 aromatic carbocycles. The summed E-state index contributed by atoms with van der Waals surface area (Å²) in [6.45, 7) is 6.11. The van der Waals surface area contributed by atoms with E-state index in [-0.39, 0.29) is 6.04 Å². The maximum Gasteiger partial charge on any atom is 0.195 e. The van der Waals surface area contributed by atoms with E-state index in [1.807, 2.05) is 25.5 Å². The lowest BCUT2D eigenvalue weighted by atomic mass is 10.0. The molecule has 0 aliphatic heterocycles. The van der Waals surface area contributed by atoms with Gasteiger partial charge in [-0.3, -0.25) is 0 Å². The van der Waals surface area contributed by atoms with E-state index in [1.165, 1.54) is 16.0 Å². The van der Waals surface area contributed by atoms with Crippen LogP contribution < -0.4 is 5.73 Å². The number of nitrogens with zero attached hydrogens (tertiary/aromatic N) is 3. The fraction of sp³-hybridized carbons (Fsp3) is 0.429. The molecule has 0 saturated heterocycles. The monoisotopic (exact) mass is 276 g/mol. The van der Waals surface area contributed by atoms with Gasteiger partial charge in [-0.15, -0.1) is 10.2 Å². The average Bonchev–Trinajstić information content (AvgIpc) is 2.64. The molecule has 0 fully saturated rings. The molecule has 0 aliphatic rings. The Kier molecular flexibility index (Phi) is 4.27. The van der Waals surface area contributed by atoms with Crippen molar-refractivity contribution in [3.8, 4) is 0 Å². The first-order valence-corrected chi connectivity index (χ1v) is 7.18. The molecule has 0 amide bonds. The van der Waals surface area contributed by atoms with Gasteiger partial charge in [-0.05, 0) is 62.2 Å². The maximum absolute atomic E-state index is 5.85. The van der Waals surface area contributed by atoms with E-state index in [9.17, 15) is 0 Å². The third kappa shape index (κ3) is 3.36. The minimum atomic E-state index is 0.193. The molecule has 0 radical (unpaired) electrons. The Morgan fingerprint density at radius 3 is 2.58 bits per heavy atom. The normalized spacial score (nSPS) is 12.7. The van der Waals surface area contributed by atoms with Crippen molar-refractivity contribution in [2.24, 2.45) is 12.8 Å². The van der Waals surface area contributed by atoms with E-state index in [0.29, 0.717) is 0 Å². The van der Waals surface area contributed by atoms with Crippen molar-refractivity contribution in [3.05, 3.63) is 35.2 Å². The van der Waals surface area contributed by atoms with Gasteiger partial charge in [0.15, 0.2) is 5.16 Å². The lowest BCUT2D eigenvalue weighted by Crippen LogP contribution is -2.18. The highest BCUT2D eigenvalue weighted by Gasteiger charge is 2.08. The summed E-state index contributed by atoms with van der Waals surface area (Å²) in [6.07, 6.45) is 0.917. The Balaban J connectivity index is 2.18. The van der Waals surface area contributed by atoms with E-state index in [1.54, 1.807) is 11.8 Å². The molecule has 2 N–H and O–H groups in total. The fourth-order valence-corrected chi connectivity index (χ4v) is 2.82. The molecule has 1 unspecified atom stereocenters. The van der Waals surface area contributed by atoms with Crippen molar-refractivity contribution in [2.75, 3.05) is 0 Å². The molecule has 4 nitrogen and oxygen atoms in total.